The van der Waals surface area contributed by atoms with Gasteiger partial charge < -0.3 is 0 Å². The Morgan fingerprint density at radius 3 is 0.636 bits per heavy atom. The van der Waals surface area contributed by atoms with Gasteiger partial charge in [0.25, 0.3) is 0 Å². The molecule has 0 aliphatic carbocycles. The molecule has 0 spiro atoms. The van der Waals surface area contributed by atoms with E-state index in [9.17, 15) is 0 Å². The van der Waals surface area contributed by atoms with Crippen molar-refractivity contribution in [2.75, 3.05) is 0 Å². The Morgan fingerprint density at radius 1 is 0.636 bits per heavy atom. The number of rotatable bonds is 0. The van der Waals surface area contributed by atoms with Crippen LogP contribution in [0.15, 0.2) is 12.7 Å². The van der Waals surface area contributed by atoms with Gasteiger partial charge in [0.05, 0.1) is 0 Å². The third-order valence-electron chi connectivity index (χ3n) is 0. The summed E-state index contributed by atoms with van der Waals surface area (Å²) in [6, 6.07) is 0. The molecule has 8 heteroatoms. The van der Waals surface area contributed by atoms with E-state index < -0.39 is 0 Å². The predicted molar refractivity (Wildman–Crippen MR) is 35.9 cm³/mol. The lowest BCUT2D eigenvalue weighted by Gasteiger charge is -1.31. The second kappa shape index (κ2) is 19000. The molecule has 0 heterocycles. The van der Waals surface area contributed by atoms with Gasteiger partial charge in [-0.15, -0.1) is 6.58 Å². The Balaban J connectivity index is -0.000000000714. The minimum atomic E-state index is 0. The molecule has 0 saturated heterocycles. The van der Waals surface area contributed by atoms with Gasteiger partial charge in [0, 0.05) is 0 Å². The molecule has 0 fully saturated rings. The van der Waals surface area contributed by atoms with Gasteiger partial charge in [0.2, 0.25) is 0 Å². The van der Waals surface area contributed by atoms with E-state index in [2.05, 4.69) is 6.58 Å². The highest BCUT2D eigenvalue weighted by molar-refractivity contribution is 4.51. The lowest BCUT2D eigenvalue weighted by atomic mass is 10.8. The normalized spacial score (nSPS) is 1.18. The highest BCUT2D eigenvalue weighted by Crippen LogP contribution is 1.38. The number of halogens is 8. The quantitative estimate of drug-likeness (QED) is 0.418. The fourth-order valence-electron chi connectivity index (χ4n) is 0. The first-order chi connectivity index (χ1) is 1.41. The van der Waals surface area contributed by atoms with Crippen molar-refractivity contribution in [3.8, 4) is 0 Å². The van der Waals surface area contributed by atoms with E-state index in [1.165, 1.54) is 0 Å². The summed E-state index contributed by atoms with van der Waals surface area (Å²) in [7, 11) is 0. The average Bonchev–Trinajstić information content (AvgIpc) is 0.918. The van der Waals surface area contributed by atoms with Crippen LogP contribution in [0.1, 0.15) is 6.92 Å². The van der Waals surface area contributed by atoms with Gasteiger partial charge in [-0.25, -0.2) is 0 Å². The molecule has 0 N–H and O–H groups in total. The van der Waals surface area contributed by atoms with Crippen LogP contribution in [0, 0.1) is 0 Å². The molecule has 0 aromatic heterocycles. The van der Waals surface area contributed by atoms with Crippen LogP contribution >= 0.6 is 0 Å². The van der Waals surface area contributed by atoms with Crippen molar-refractivity contribution in [1.82, 2.24) is 0 Å². The number of allylic oxidation sites excluding steroid dienone is 1. The SMILES string of the molecule is C=CC.F.F.F.F.F.F.F.F. The van der Waals surface area contributed by atoms with Crippen molar-refractivity contribution in [1.29, 1.82) is 0 Å². The van der Waals surface area contributed by atoms with Gasteiger partial charge >= 0.3 is 0 Å². The van der Waals surface area contributed by atoms with Crippen molar-refractivity contribution in [2.45, 2.75) is 6.92 Å². The number of hydrogen-bond acceptors (Lipinski definition) is 0. The molecule has 0 amide bonds. The molecule has 0 unspecified atom stereocenters. The van der Waals surface area contributed by atoms with Gasteiger partial charge in [-0.05, 0) is 6.92 Å². The molecule has 11 heavy (non-hydrogen) atoms. The Hall–Kier alpha value is -0.820. The van der Waals surface area contributed by atoms with E-state index >= 15 is 0 Å². The van der Waals surface area contributed by atoms with E-state index in [1.54, 1.807) is 6.08 Å². The Bertz CT molecular complexity index is 16.8. The molecule has 0 nitrogen and oxygen atoms in total. The van der Waals surface area contributed by atoms with E-state index in [4.69, 9.17) is 0 Å². The van der Waals surface area contributed by atoms with Crippen LogP contribution in [0.2, 0.25) is 0 Å². The smallest absolute Gasteiger partial charge is 0.0473 e. The Kier molecular flexibility index (Phi) is 1060000. The van der Waals surface area contributed by atoms with Crippen molar-refractivity contribution >= 4 is 0 Å². The third-order valence-corrected chi connectivity index (χ3v) is 0. The first-order valence-corrected chi connectivity index (χ1v) is 0.986. The lowest BCUT2D eigenvalue weighted by molar-refractivity contribution is 1.11. The summed E-state index contributed by atoms with van der Waals surface area (Å²) >= 11 is 0. The summed E-state index contributed by atoms with van der Waals surface area (Å²) < 4.78 is 0. The molecular formula is C3H14F8. The van der Waals surface area contributed by atoms with E-state index in [-0.39, 0.29) is 37.6 Å². The van der Waals surface area contributed by atoms with Crippen LogP contribution in [0.25, 0.3) is 0 Å². The minimum absolute atomic E-state index is 0. The van der Waals surface area contributed by atoms with Crippen molar-refractivity contribution < 1.29 is 37.6 Å². The van der Waals surface area contributed by atoms with Gasteiger partial charge in [-0.3, -0.25) is 37.6 Å². The zero-order valence-corrected chi connectivity index (χ0v) is 5.55. The predicted octanol–water partition coefficient (Wildman–Crippen LogP) is 2.41. The fourth-order valence-corrected chi connectivity index (χ4v) is 0. The fraction of sp³-hybridized carbons (Fsp3) is 0.333. The summed E-state index contributed by atoms with van der Waals surface area (Å²) in [6.07, 6.45) is 1.75. The molecule has 0 rings (SSSR count). The summed E-state index contributed by atoms with van der Waals surface area (Å²) in [5, 5.41) is 0. The number of hydrogen-bond donors (Lipinski definition) is 0. The Labute approximate surface area is 58.6 Å². The van der Waals surface area contributed by atoms with E-state index in [0.717, 1.165) is 0 Å². The Morgan fingerprint density at radius 2 is 0.636 bits per heavy atom. The first-order valence-electron chi connectivity index (χ1n) is 0.986. The van der Waals surface area contributed by atoms with E-state index in [1.807, 2.05) is 6.92 Å². The second-order valence-corrected chi connectivity index (χ2v) is 0.408. The van der Waals surface area contributed by atoms with Crippen LogP contribution in [0.4, 0.5) is 37.6 Å². The standard InChI is InChI=1S/C3H6.8FH/c1-3-2;;;;;;;;/h3H,1H2,2H3;8*1H. The summed E-state index contributed by atoms with van der Waals surface area (Å²) in [6.45, 7) is 5.25. The van der Waals surface area contributed by atoms with E-state index in [0.29, 0.717) is 0 Å². The maximum Gasteiger partial charge on any atom is -0.0473 e. The summed E-state index contributed by atoms with van der Waals surface area (Å²) in [4.78, 5) is 0. The summed E-state index contributed by atoms with van der Waals surface area (Å²) in [5.74, 6) is 0. The van der Waals surface area contributed by atoms with Crippen molar-refractivity contribution in [2.24, 2.45) is 0 Å². The maximum atomic E-state index is 3.36. The van der Waals surface area contributed by atoms with Gasteiger partial charge in [-0.2, -0.15) is 0 Å². The van der Waals surface area contributed by atoms with Gasteiger partial charge in [0.15, 0.2) is 0 Å². The van der Waals surface area contributed by atoms with Gasteiger partial charge in [-0.1, -0.05) is 6.08 Å². The zero-order valence-electron chi connectivity index (χ0n) is 5.55. The second-order valence-electron chi connectivity index (χ2n) is 0.408. The minimum Gasteiger partial charge on any atom is -0.269 e. The molecule has 0 aromatic carbocycles. The average molecular weight is 202 g/mol. The first kappa shape index (κ1) is 616. The monoisotopic (exact) mass is 202 g/mol. The van der Waals surface area contributed by atoms with Crippen molar-refractivity contribution in [3.05, 3.63) is 12.7 Å². The highest BCUT2D eigenvalue weighted by Gasteiger charge is 1.15. The molecule has 0 aliphatic heterocycles. The van der Waals surface area contributed by atoms with Crippen LogP contribution < -0.4 is 0 Å². The molecule has 0 bridgehead atoms. The lowest BCUT2D eigenvalue weighted by Crippen LogP contribution is -1.07. The zero-order chi connectivity index (χ0) is 2.71. The topological polar surface area (TPSA) is 0 Å². The van der Waals surface area contributed by atoms with Crippen molar-refractivity contribution in [3.63, 3.8) is 0 Å². The summed E-state index contributed by atoms with van der Waals surface area (Å²) in [5.41, 5.74) is 0. The molecule has 0 radical (unpaired) electrons. The third kappa shape index (κ3) is 704. The maximum absolute atomic E-state index is 3.36. The van der Waals surface area contributed by atoms with Gasteiger partial charge in [0.1, 0.15) is 0 Å². The van der Waals surface area contributed by atoms with Crippen LogP contribution in [0.3, 0.4) is 0 Å². The molecule has 0 saturated carbocycles. The van der Waals surface area contributed by atoms with Crippen LogP contribution in [-0.2, 0) is 0 Å². The highest BCUT2D eigenvalue weighted by atomic mass is 19.0. The molecule has 0 atom stereocenters. The molecular weight excluding hydrogens is 188 g/mol. The molecule has 0 aliphatic rings. The largest absolute Gasteiger partial charge is 0.269 e. The molecule has 0 aromatic rings. The molecule has 82 valence electrons. The van der Waals surface area contributed by atoms with Crippen LogP contribution in [0.5, 0.6) is 0 Å². The van der Waals surface area contributed by atoms with Crippen LogP contribution in [-0.4, -0.2) is 0 Å².